The average Bonchev–Trinajstić information content (AvgIpc) is 3.58. The first-order valence-corrected chi connectivity index (χ1v) is 12.2. The van der Waals surface area contributed by atoms with Crippen molar-refractivity contribution in [1.29, 1.82) is 0 Å². The Bertz CT molecular complexity index is 1350. The third-order valence-electron chi connectivity index (χ3n) is 5.90. The number of amides is 1. The van der Waals surface area contributed by atoms with Gasteiger partial charge in [-0.2, -0.15) is 27.0 Å². The smallest absolute Gasteiger partial charge is 0.354 e. The van der Waals surface area contributed by atoms with Gasteiger partial charge >= 0.3 is 6.18 Å². The number of halogens is 3. The standard InChI is InChI=1S/C21H21F3N6O3S/c22-21(23,24)15-4-1-2-5-16(15)34(32,33)29-12-10-28(11-13-29)18-7-3-6-17-25-20(27-30(17)18)26-19(31)14-8-9-14/h1-7,14H,8-13H2,(H,26,27,31). The number of nitrogens with one attached hydrogen (secondary N) is 1. The van der Waals surface area contributed by atoms with Crippen LogP contribution in [0.25, 0.3) is 5.65 Å². The van der Waals surface area contributed by atoms with Gasteiger partial charge < -0.3 is 4.90 Å². The fourth-order valence-electron chi connectivity index (χ4n) is 3.96. The van der Waals surface area contributed by atoms with E-state index >= 15 is 0 Å². The van der Waals surface area contributed by atoms with Gasteiger partial charge in [-0.15, -0.1) is 5.10 Å². The summed E-state index contributed by atoms with van der Waals surface area (Å²) in [4.78, 5) is 17.5. The number of nitrogens with zero attached hydrogens (tertiary/aromatic N) is 5. The molecule has 1 N–H and O–H groups in total. The van der Waals surface area contributed by atoms with E-state index in [0.717, 1.165) is 29.3 Å². The molecular weight excluding hydrogens is 473 g/mol. The lowest BCUT2D eigenvalue weighted by Gasteiger charge is -2.35. The number of alkyl halides is 3. The number of piperazine rings is 1. The van der Waals surface area contributed by atoms with Crippen LogP contribution in [0.4, 0.5) is 24.9 Å². The summed E-state index contributed by atoms with van der Waals surface area (Å²) in [5, 5.41) is 7.07. The van der Waals surface area contributed by atoms with Gasteiger partial charge in [-0.3, -0.25) is 10.1 Å². The SMILES string of the molecule is O=C(Nc1nc2cccc(N3CCN(S(=O)(=O)c4ccccc4C(F)(F)F)CC3)n2n1)C1CC1. The van der Waals surface area contributed by atoms with E-state index in [1.54, 1.807) is 22.7 Å². The molecule has 34 heavy (non-hydrogen) atoms. The van der Waals surface area contributed by atoms with Gasteiger partial charge in [0, 0.05) is 32.1 Å². The van der Waals surface area contributed by atoms with Gasteiger partial charge in [-0.1, -0.05) is 18.2 Å². The minimum atomic E-state index is -4.78. The third-order valence-corrected chi connectivity index (χ3v) is 7.85. The molecule has 0 unspecified atom stereocenters. The molecule has 9 nitrogen and oxygen atoms in total. The number of rotatable bonds is 5. The summed E-state index contributed by atoms with van der Waals surface area (Å²) in [6, 6.07) is 9.50. The molecule has 180 valence electrons. The Hall–Kier alpha value is -3.19. The Morgan fingerprint density at radius 1 is 1.00 bits per heavy atom. The van der Waals surface area contributed by atoms with Crippen molar-refractivity contribution in [2.45, 2.75) is 23.9 Å². The topological polar surface area (TPSA) is 99.9 Å². The lowest BCUT2D eigenvalue weighted by atomic mass is 10.2. The lowest BCUT2D eigenvalue weighted by Crippen LogP contribution is -2.49. The zero-order valence-electron chi connectivity index (χ0n) is 17.9. The molecule has 3 aromatic rings. The van der Waals surface area contributed by atoms with Crippen LogP contribution in [0.5, 0.6) is 0 Å². The van der Waals surface area contributed by atoms with E-state index < -0.39 is 26.7 Å². The maximum atomic E-state index is 13.4. The Morgan fingerprint density at radius 3 is 2.38 bits per heavy atom. The molecule has 5 rings (SSSR count). The van der Waals surface area contributed by atoms with E-state index in [1.807, 2.05) is 4.90 Å². The summed E-state index contributed by atoms with van der Waals surface area (Å²) >= 11 is 0. The lowest BCUT2D eigenvalue weighted by molar-refractivity contribution is -0.140. The molecule has 1 saturated carbocycles. The minimum Gasteiger partial charge on any atom is -0.354 e. The van der Waals surface area contributed by atoms with Gasteiger partial charge in [0.1, 0.15) is 5.82 Å². The largest absolute Gasteiger partial charge is 0.417 e. The first-order chi connectivity index (χ1) is 16.1. The molecule has 1 aromatic carbocycles. The number of fused-ring (bicyclic) bond motifs is 1. The van der Waals surface area contributed by atoms with Crippen molar-refractivity contribution < 1.29 is 26.4 Å². The van der Waals surface area contributed by atoms with Crippen molar-refractivity contribution in [3.63, 3.8) is 0 Å². The molecule has 2 aromatic heterocycles. The predicted octanol–water partition coefficient (Wildman–Crippen LogP) is 2.61. The normalized spacial score (nSPS) is 17.8. The monoisotopic (exact) mass is 494 g/mol. The van der Waals surface area contributed by atoms with E-state index in [2.05, 4.69) is 15.4 Å². The number of benzene rings is 1. The van der Waals surface area contributed by atoms with Crippen molar-refractivity contribution in [2.75, 3.05) is 36.4 Å². The van der Waals surface area contributed by atoms with Gasteiger partial charge in [-0.05, 0) is 37.1 Å². The molecule has 1 saturated heterocycles. The van der Waals surface area contributed by atoms with Crippen molar-refractivity contribution in [1.82, 2.24) is 18.9 Å². The number of carbonyl (C=O) groups is 1. The molecule has 1 aliphatic heterocycles. The summed E-state index contributed by atoms with van der Waals surface area (Å²) in [5.41, 5.74) is -0.664. The summed E-state index contributed by atoms with van der Waals surface area (Å²) in [6.07, 6.45) is -3.07. The van der Waals surface area contributed by atoms with Crippen LogP contribution in [0, 0.1) is 5.92 Å². The van der Waals surface area contributed by atoms with Crippen LogP contribution >= 0.6 is 0 Å². The van der Waals surface area contributed by atoms with Crippen LogP contribution < -0.4 is 10.2 Å². The Labute approximate surface area is 193 Å². The first-order valence-electron chi connectivity index (χ1n) is 10.7. The van der Waals surface area contributed by atoms with Crippen LogP contribution in [0.15, 0.2) is 47.4 Å². The van der Waals surface area contributed by atoms with Crippen LogP contribution in [0.3, 0.4) is 0 Å². The molecule has 13 heteroatoms. The van der Waals surface area contributed by atoms with Crippen molar-refractivity contribution in [3.05, 3.63) is 48.0 Å². The van der Waals surface area contributed by atoms with Crippen molar-refractivity contribution >= 4 is 33.3 Å². The molecule has 0 radical (unpaired) electrons. The molecule has 2 aliphatic rings. The maximum absolute atomic E-state index is 13.4. The highest BCUT2D eigenvalue weighted by molar-refractivity contribution is 7.89. The third kappa shape index (κ3) is 4.20. The van der Waals surface area contributed by atoms with Crippen molar-refractivity contribution in [3.8, 4) is 0 Å². The molecule has 1 amide bonds. The Morgan fingerprint density at radius 2 is 1.71 bits per heavy atom. The van der Waals surface area contributed by atoms with E-state index in [1.165, 1.54) is 12.1 Å². The second-order valence-corrected chi connectivity index (χ2v) is 10.1. The Balaban J connectivity index is 1.35. The van der Waals surface area contributed by atoms with Crippen LogP contribution in [-0.4, -0.2) is 59.4 Å². The Kier molecular flexibility index (Phi) is 5.47. The van der Waals surface area contributed by atoms with Crippen LogP contribution in [-0.2, 0) is 21.0 Å². The van der Waals surface area contributed by atoms with E-state index in [4.69, 9.17) is 0 Å². The molecule has 3 heterocycles. The molecule has 0 bridgehead atoms. The number of hydrogen-bond donors (Lipinski definition) is 1. The first kappa shape index (κ1) is 22.6. The van der Waals surface area contributed by atoms with Gasteiger partial charge in [0.15, 0.2) is 5.65 Å². The molecule has 0 atom stereocenters. The minimum absolute atomic E-state index is 0.00332. The highest BCUT2D eigenvalue weighted by Gasteiger charge is 2.39. The highest BCUT2D eigenvalue weighted by Crippen LogP contribution is 2.35. The molecule has 2 fully saturated rings. The van der Waals surface area contributed by atoms with Gasteiger partial charge in [-0.25, -0.2) is 8.42 Å². The van der Waals surface area contributed by atoms with Gasteiger partial charge in [0.2, 0.25) is 21.9 Å². The van der Waals surface area contributed by atoms with Crippen LogP contribution in [0.2, 0.25) is 0 Å². The number of pyridine rings is 1. The zero-order valence-corrected chi connectivity index (χ0v) is 18.7. The second kappa shape index (κ2) is 8.24. The number of aromatic nitrogens is 3. The number of hydrogen-bond acceptors (Lipinski definition) is 6. The van der Waals surface area contributed by atoms with Crippen molar-refractivity contribution in [2.24, 2.45) is 5.92 Å². The average molecular weight is 494 g/mol. The summed E-state index contributed by atoms with van der Waals surface area (Å²) in [7, 11) is -4.33. The summed E-state index contributed by atoms with van der Waals surface area (Å²) in [6.45, 7) is 0.502. The van der Waals surface area contributed by atoms with Gasteiger partial charge in [0.25, 0.3) is 0 Å². The zero-order chi connectivity index (χ0) is 24.1. The summed E-state index contributed by atoms with van der Waals surface area (Å²) < 4.78 is 68.8. The quantitative estimate of drug-likeness (QED) is 0.586. The predicted molar refractivity (Wildman–Crippen MR) is 117 cm³/mol. The highest BCUT2D eigenvalue weighted by atomic mass is 32.2. The summed E-state index contributed by atoms with van der Waals surface area (Å²) in [5.74, 6) is 0.720. The molecule has 0 spiro atoms. The fourth-order valence-corrected chi connectivity index (χ4v) is 5.60. The van der Waals surface area contributed by atoms with Crippen LogP contribution in [0.1, 0.15) is 18.4 Å². The van der Waals surface area contributed by atoms with E-state index in [0.29, 0.717) is 11.5 Å². The van der Waals surface area contributed by atoms with E-state index in [-0.39, 0.29) is 44.0 Å². The van der Waals surface area contributed by atoms with Gasteiger partial charge in [0.05, 0.1) is 10.5 Å². The number of carbonyl (C=O) groups excluding carboxylic acids is 1. The molecular formula is C21H21F3N6O3S. The molecule has 1 aliphatic carbocycles. The number of anilines is 2. The maximum Gasteiger partial charge on any atom is 0.417 e. The van der Waals surface area contributed by atoms with E-state index in [9.17, 15) is 26.4 Å². The number of sulfonamides is 1. The second-order valence-electron chi connectivity index (χ2n) is 8.24. The fraction of sp³-hybridized carbons (Fsp3) is 0.381.